The van der Waals surface area contributed by atoms with Crippen LogP contribution >= 0.6 is 0 Å². The fourth-order valence-corrected chi connectivity index (χ4v) is 2.72. The third kappa shape index (κ3) is 3.47. The molecule has 1 aliphatic heterocycles. The SMILES string of the molecule is CCN(CC)C(=O)c1ccc(N2CCN(C)CC2)c(N)c1. The summed E-state index contributed by atoms with van der Waals surface area (Å²) in [4.78, 5) is 18.8. The average molecular weight is 290 g/mol. The molecule has 1 fully saturated rings. The van der Waals surface area contributed by atoms with E-state index in [2.05, 4.69) is 16.8 Å². The molecule has 2 rings (SSSR count). The van der Waals surface area contributed by atoms with Crippen molar-refractivity contribution in [2.75, 3.05) is 56.9 Å². The number of hydrogen-bond donors (Lipinski definition) is 1. The van der Waals surface area contributed by atoms with Crippen molar-refractivity contribution < 1.29 is 4.79 Å². The predicted octanol–water partition coefficient (Wildman–Crippen LogP) is 1.50. The Morgan fingerprint density at radius 2 is 1.81 bits per heavy atom. The first-order valence-corrected chi connectivity index (χ1v) is 7.69. The highest BCUT2D eigenvalue weighted by Crippen LogP contribution is 2.26. The summed E-state index contributed by atoms with van der Waals surface area (Å²) in [5.74, 6) is 0.0524. The third-order valence-electron chi connectivity index (χ3n) is 4.17. The van der Waals surface area contributed by atoms with Crippen molar-refractivity contribution in [1.29, 1.82) is 0 Å². The van der Waals surface area contributed by atoms with Crippen LogP contribution < -0.4 is 10.6 Å². The van der Waals surface area contributed by atoms with Gasteiger partial charge >= 0.3 is 0 Å². The van der Waals surface area contributed by atoms with Gasteiger partial charge < -0.3 is 20.4 Å². The predicted molar refractivity (Wildman–Crippen MR) is 87.8 cm³/mol. The van der Waals surface area contributed by atoms with Crippen molar-refractivity contribution in [3.63, 3.8) is 0 Å². The molecular weight excluding hydrogens is 264 g/mol. The lowest BCUT2D eigenvalue weighted by atomic mass is 10.1. The minimum absolute atomic E-state index is 0.0524. The van der Waals surface area contributed by atoms with Gasteiger partial charge in [0.25, 0.3) is 5.91 Å². The van der Waals surface area contributed by atoms with E-state index in [1.165, 1.54) is 0 Å². The number of anilines is 2. The van der Waals surface area contributed by atoms with E-state index in [-0.39, 0.29) is 5.91 Å². The highest BCUT2D eigenvalue weighted by Gasteiger charge is 2.18. The van der Waals surface area contributed by atoms with Gasteiger partial charge in [0.1, 0.15) is 0 Å². The summed E-state index contributed by atoms with van der Waals surface area (Å²) in [5, 5.41) is 0. The van der Waals surface area contributed by atoms with Crippen LogP contribution in [-0.2, 0) is 0 Å². The van der Waals surface area contributed by atoms with Crippen molar-refractivity contribution >= 4 is 17.3 Å². The molecular formula is C16H26N4O. The van der Waals surface area contributed by atoms with Crippen LogP contribution in [0.3, 0.4) is 0 Å². The zero-order valence-corrected chi connectivity index (χ0v) is 13.3. The van der Waals surface area contributed by atoms with E-state index >= 15 is 0 Å². The lowest BCUT2D eigenvalue weighted by Crippen LogP contribution is -2.44. The number of nitrogens with zero attached hydrogens (tertiary/aromatic N) is 3. The standard InChI is InChI=1S/C16H26N4O/c1-4-19(5-2)16(21)13-6-7-15(14(17)12-13)20-10-8-18(3)9-11-20/h6-7,12H,4-5,8-11,17H2,1-3H3. The Kier molecular flexibility index (Phi) is 5.07. The van der Waals surface area contributed by atoms with Crippen molar-refractivity contribution in [3.05, 3.63) is 23.8 Å². The largest absolute Gasteiger partial charge is 0.397 e. The van der Waals surface area contributed by atoms with E-state index in [0.717, 1.165) is 45.0 Å². The second-order valence-electron chi connectivity index (χ2n) is 5.54. The normalized spacial score (nSPS) is 16.0. The van der Waals surface area contributed by atoms with Gasteiger partial charge in [0, 0.05) is 44.8 Å². The van der Waals surface area contributed by atoms with Crippen LogP contribution in [0, 0.1) is 0 Å². The Morgan fingerprint density at radius 3 is 2.33 bits per heavy atom. The van der Waals surface area contributed by atoms with Gasteiger partial charge in [-0.2, -0.15) is 0 Å². The summed E-state index contributed by atoms with van der Waals surface area (Å²) >= 11 is 0. The van der Waals surface area contributed by atoms with Gasteiger partial charge in [-0.05, 0) is 39.1 Å². The second kappa shape index (κ2) is 6.80. The van der Waals surface area contributed by atoms with Gasteiger partial charge in [-0.3, -0.25) is 4.79 Å². The van der Waals surface area contributed by atoms with Crippen LogP contribution in [0.4, 0.5) is 11.4 Å². The number of nitrogen functional groups attached to an aromatic ring is 1. The molecule has 0 aromatic heterocycles. The van der Waals surface area contributed by atoms with Gasteiger partial charge in [0.15, 0.2) is 0 Å². The number of carbonyl (C=O) groups excluding carboxylic acids is 1. The van der Waals surface area contributed by atoms with Crippen LogP contribution in [0.15, 0.2) is 18.2 Å². The maximum atomic E-state index is 12.3. The first kappa shape index (κ1) is 15.6. The van der Waals surface area contributed by atoms with E-state index in [1.807, 2.05) is 36.9 Å². The van der Waals surface area contributed by atoms with Crippen LogP contribution in [0.1, 0.15) is 24.2 Å². The molecule has 0 atom stereocenters. The summed E-state index contributed by atoms with van der Waals surface area (Å²) in [5.41, 5.74) is 8.59. The van der Waals surface area contributed by atoms with Crippen LogP contribution in [-0.4, -0.2) is 62.0 Å². The Morgan fingerprint density at radius 1 is 1.19 bits per heavy atom. The summed E-state index contributed by atoms with van der Waals surface area (Å²) in [7, 11) is 2.13. The third-order valence-corrected chi connectivity index (χ3v) is 4.17. The lowest BCUT2D eigenvalue weighted by Gasteiger charge is -2.34. The maximum absolute atomic E-state index is 12.3. The highest BCUT2D eigenvalue weighted by molar-refractivity contribution is 5.96. The number of rotatable bonds is 4. The molecule has 0 unspecified atom stereocenters. The van der Waals surface area contributed by atoms with Gasteiger partial charge in [-0.15, -0.1) is 0 Å². The number of hydrogen-bond acceptors (Lipinski definition) is 4. The van der Waals surface area contributed by atoms with Gasteiger partial charge in [-0.25, -0.2) is 0 Å². The van der Waals surface area contributed by atoms with Crippen LogP contribution in [0.2, 0.25) is 0 Å². The highest BCUT2D eigenvalue weighted by atomic mass is 16.2. The molecule has 1 heterocycles. The topological polar surface area (TPSA) is 52.8 Å². The number of nitrogens with two attached hydrogens (primary N) is 1. The molecule has 0 saturated carbocycles. The van der Waals surface area contributed by atoms with Gasteiger partial charge in [-0.1, -0.05) is 0 Å². The molecule has 1 aromatic rings. The lowest BCUT2D eigenvalue weighted by molar-refractivity contribution is 0.0773. The van der Waals surface area contributed by atoms with Crippen molar-refractivity contribution in [2.45, 2.75) is 13.8 Å². The van der Waals surface area contributed by atoms with Crippen LogP contribution in [0.25, 0.3) is 0 Å². The summed E-state index contributed by atoms with van der Waals surface area (Å²) < 4.78 is 0. The van der Waals surface area contributed by atoms with E-state index in [9.17, 15) is 4.79 Å². The first-order chi connectivity index (χ1) is 10.1. The second-order valence-corrected chi connectivity index (χ2v) is 5.54. The number of piperazine rings is 1. The molecule has 0 radical (unpaired) electrons. The van der Waals surface area contributed by atoms with E-state index < -0.39 is 0 Å². The minimum atomic E-state index is 0.0524. The van der Waals surface area contributed by atoms with Crippen molar-refractivity contribution in [1.82, 2.24) is 9.80 Å². The zero-order valence-electron chi connectivity index (χ0n) is 13.3. The molecule has 0 spiro atoms. The molecule has 1 saturated heterocycles. The fourth-order valence-electron chi connectivity index (χ4n) is 2.72. The minimum Gasteiger partial charge on any atom is -0.397 e. The van der Waals surface area contributed by atoms with Gasteiger partial charge in [0.2, 0.25) is 0 Å². The number of likely N-dealkylation sites (N-methyl/N-ethyl adjacent to an activating group) is 1. The molecule has 0 bridgehead atoms. The Hall–Kier alpha value is -1.75. The smallest absolute Gasteiger partial charge is 0.253 e. The number of amides is 1. The average Bonchev–Trinajstić information content (AvgIpc) is 2.49. The molecule has 5 heteroatoms. The molecule has 1 aliphatic rings. The van der Waals surface area contributed by atoms with Crippen LogP contribution in [0.5, 0.6) is 0 Å². The molecule has 21 heavy (non-hydrogen) atoms. The van der Waals surface area contributed by atoms with E-state index in [0.29, 0.717) is 11.3 Å². The number of benzene rings is 1. The Balaban J connectivity index is 2.15. The summed E-state index contributed by atoms with van der Waals surface area (Å²) in [6, 6.07) is 5.69. The first-order valence-electron chi connectivity index (χ1n) is 7.69. The van der Waals surface area contributed by atoms with Crippen molar-refractivity contribution in [3.8, 4) is 0 Å². The quantitative estimate of drug-likeness (QED) is 0.854. The van der Waals surface area contributed by atoms with E-state index in [1.54, 1.807) is 0 Å². The molecule has 1 aromatic carbocycles. The Labute approximate surface area is 127 Å². The fraction of sp³-hybridized carbons (Fsp3) is 0.562. The van der Waals surface area contributed by atoms with Gasteiger partial charge in [0.05, 0.1) is 11.4 Å². The molecule has 2 N–H and O–H groups in total. The molecule has 1 amide bonds. The molecule has 5 nitrogen and oxygen atoms in total. The summed E-state index contributed by atoms with van der Waals surface area (Å²) in [6.07, 6.45) is 0. The maximum Gasteiger partial charge on any atom is 0.253 e. The molecule has 116 valence electrons. The zero-order chi connectivity index (χ0) is 15.4. The summed E-state index contributed by atoms with van der Waals surface area (Å²) in [6.45, 7) is 9.45. The molecule has 0 aliphatic carbocycles. The Bertz CT molecular complexity index is 491. The van der Waals surface area contributed by atoms with Crippen molar-refractivity contribution in [2.24, 2.45) is 0 Å². The number of carbonyl (C=O) groups is 1. The van der Waals surface area contributed by atoms with E-state index in [4.69, 9.17) is 5.73 Å². The monoisotopic (exact) mass is 290 g/mol.